The van der Waals surface area contributed by atoms with Crippen LogP contribution in [0.25, 0.3) is 5.70 Å². The quantitative estimate of drug-likeness (QED) is 0.490. The fraction of sp³-hybridized carbons (Fsp3) is 0.333. The molecule has 3 N–H and O–H groups in total. The van der Waals surface area contributed by atoms with Crippen molar-refractivity contribution in [3.8, 4) is 0 Å². The highest BCUT2D eigenvalue weighted by Crippen LogP contribution is 2.30. The number of benzene rings is 2. The second-order valence-electron chi connectivity index (χ2n) is 9.07. The van der Waals surface area contributed by atoms with Gasteiger partial charge in [-0.3, -0.25) is 19.3 Å². The molecule has 0 fully saturated rings. The molecule has 3 rings (SSSR count). The number of nitrogens with one attached hydrogen (secondary N) is 1. The Morgan fingerprint density at radius 3 is 2.11 bits per heavy atom. The monoisotopic (exact) mass is 493 g/mol. The fourth-order valence-corrected chi connectivity index (χ4v) is 4.25. The molecule has 190 valence electrons. The van der Waals surface area contributed by atoms with Crippen LogP contribution in [0, 0.1) is 5.92 Å². The lowest BCUT2D eigenvalue weighted by atomic mass is 9.97. The molecule has 2 aromatic rings. The zero-order valence-corrected chi connectivity index (χ0v) is 20.5. The standard InChI is InChI=1S/C27H31N3O6/c1-17(2)24-26(34)30(22(15-29(24)18(3)31)20-12-8-5-9-13-20)16-23(32)28-21(25(33)27(35)36)14-19-10-6-4-7-11-19/h4-13,15,17,21,24-25,33H,14,16H2,1-3H3,(H,28,32)(H,35,36)/t21-,24+,25?/m0/s1. The summed E-state index contributed by atoms with van der Waals surface area (Å²) in [6.45, 7) is 4.60. The summed E-state index contributed by atoms with van der Waals surface area (Å²) in [6, 6.07) is 15.9. The minimum Gasteiger partial charge on any atom is -0.479 e. The smallest absolute Gasteiger partial charge is 0.334 e. The number of aliphatic carboxylic acids is 1. The third-order valence-electron chi connectivity index (χ3n) is 6.02. The molecule has 36 heavy (non-hydrogen) atoms. The third kappa shape index (κ3) is 6.17. The molecular formula is C27H31N3O6. The summed E-state index contributed by atoms with van der Waals surface area (Å²) in [4.78, 5) is 53.3. The molecule has 0 spiro atoms. The maximum atomic E-state index is 13.6. The molecule has 9 nitrogen and oxygen atoms in total. The van der Waals surface area contributed by atoms with Crippen LogP contribution in [0.4, 0.5) is 0 Å². The summed E-state index contributed by atoms with van der Waals surface area (Å²) in [5, 5.41) is 22.2. The highest BCUT2D eigenvalue weighted by molar-refractivity contribution is 5.99. The number of aliphatic hydroxyl groups excluding tert-OH is 1. The largest absolute Gasteiger partial charge is 0.479 e. The van der Waals surface area contributed by atoms with E-state index in [0.29, 0.717) is 11.3 Å². The summed E-state index contributed by atoms with van der Waals surface area (Å²) in [5.74, 6) is -3.04. The van der Waals surface area contributed by atoms with E-state index in [1.54, 1.807) is 60.8 Å². The van der Waals surface area contributed by atoms with Crippen molar-refractivity contribution in [2.75, 3.05) is 6.54 Å². The maximum absolute atomic E-state index is 13.6. The molecule has 0 radical (unpaired) electrons. The van der Waals surface area contributed by atoms with Gasteiger partial charge in [0.15, 0.2) is 6.10 Å². The first-order valence-corrected chi connectivity index (χ1v) is 11.7. The molecule has 1 aliphatic heterocycles. The number of carbonyl (C=O) groups excluding carboxylic acids is 3. The van der Waals surface area contributed by atoms with Gasteiger partial charge < -0.3 is 20.4 Å². The second-order valence-corrected chi connectivity index (χ2v) is 9.07. The lowest BCUT2D eigenvalue weighted by Crippen LogP contribution is -2.57. The van der Waals surface area contributed by atoms with E-state index in [9.17, 15) is 29.4 Å². The van der Waals surface area contributed by atoms with Crippen LogP contribution in [0.5, 0.6) is 0 Å². The minimum absolute atomic E-state index is 0.0854. The van der Waals surface area contributed by atoms with Crippen molar-refractivity contribution < 1.29 is 29.4 Å². The van der Waals surface area contributed by atoms with Gasteiger partial charge in [-0.15, -0.1) is 0 Å². The molecule has 1 unspecified atom stereocenters. The van der Waals surface area contributed by atoms with Gasteiger partial charge in [-0.2, -0.15) is 0 Å². The number of nitrogens with zero attached hydrogens (tertiary/aromatic N) is 2. The Balaban J connectivity index is 1.91. The Bertz CT molecular complexity index is 1130. The highest BCUT2D eigenvalue weighted by atomic mass is 16.4. The Morgan fingerprint density at radius 2 is 1.58 bits per heavy atom. The van der Waals surface area contributed by atoms with E-state index in [0.717, 1.165) is 5.56 Å². The van der Waals surface area contributed by atoms with Crippen molar-refractivity contribution in [1.29, 1.82) is 0 Å². The predicted octanol–water partition coefficient (Wildman–Crippen LogP) is 1.87. The molecule has 2 aromatic carbocycles. The molecular weight excluding hydrogens is 462 g/mol. The zero-order valence-electron chi connectivity index (χ0n) is 20.5. The van der Waals surface area contributed by atoms with Crippen molar-refractivity contribution in [2.45, 2.75) is 45.4 Å². The number of carboxylic acid groups (broad SMARTS) is 1. The zero-order chi connectivity index (χ0) is 26.4. The van der Waals surface area contributed by atoms with Gasteiger partial charge in [0.2, 0.25) is 11.8 Å². The van der Waals surface area contributed by atoms with E-state index in [-0.39, 0.29) is 18.2 Å². The lowest BCUT2D eigenvalue weighted by Gasteiger charge is -2.40. The molecule has 0 saturated carbocycles. The van der Waals surface area contributed by atoms with Crippen LogP contribution in [0.3, 0.4) is 0 Å². The van der Waals surface area contributed by atoms with Crippen LogP contribution in [0.1, 0.15) is 31.9 Å². The van der Waals surface area contributed by atoms with Crippen molar-refractivity contribution in [2.24, 2.45) is 5.92 Å². The second kappa shape index (κ2) is 11.6. The number of hydrogen-bond donors (Lipinski definition) is 3. The first-order chi connectivity index (χ1) is 17.1. The molecule has 1 heterocycles. The van der Waals surface area contributed by atoms with Gasteiger partial charge in [-0.05, 0) is 23.5 Å². The van der Waals surface area contributed by atoms with Crippen LogP contribution < -0.4 is 5.32 Å². The number of carboxylic acids is 1. The first-order valence-electron chi connectivity index (χ1n) is 11.7. The maximum Gasteiger partial charge on any atom is 0.334 e. The third-order valence-corrected chi connectivity index (χ3v) is 6.02. The SMILES string of the molecule is CC(=O)N1C=C(c2ccccc2)N(CC(=O)N[C@@H](Cc2ccccc2)C(O)C(=O)O)C(=O)[C@H]1C(C)C. The molecule has 0 aromatic heterocycles. The van der Waals surface area contributed by atoms with Gasteiger partial charge in [0, 0.05) is 13.1 Å². The van der Waals surface area contributed by atoms with E-state index in [1.807, 2.05) is 19.9 Å². The molecule has 9 heteroatoms. The molecule has 1 aliphatic rings. The minimum atomic E-state index is -1.84. The number of amides is 3. The topological polar surface area (TPSA) is 127 Å². The van der Waals surface area contributed by atoms with Crippen molar-refractivity contribution >= 4 is 29.4 Å². The van der Waals surface area contributed by atoms with Crippen LogP contribution in [0.15, 0.2) is 66.9 Å². The van der Waals surface area contributed by atoms with Gasteiger partial charge in [0.25, 0.3) is 5.91 Å². The number of hydrogen-bond acceptors (Lipinski definition) is 5. The first kappa shape index (κ1) is 26.6. The Morgan fingerprint density at radius 1 is 1.00 bits per heavy atom. The van der Waals surface area contributed by atoms with Crippen molar-refractivity contribution in [3.63, 3.8) is 0 Å². The van der Waals surface area contributed by atoms with Crippen molar-refractivity contribution in [1.82, 2.24) is 15.1 Å². The molecule has 0 bridgehead atoms. The van der Waals surface area contributed by atoms with E-state index in [1.165, 1.54) is 16.7 Å². The molecule has 3 atom stereocenters. The van der Waals surface area contributed by atoms with E-state index in [4.69, 9.17) is 0 Å². The van der Waals surface area contributed by atoms with Gasteiger partial charge in [-0.25, -0.2) is 4.79 Å². The summed E-state index contributed by atoms with van der Waals surface area (Å²) < 4.78 is 0. The van der Waals surface area contributed by atoms with Crippen LogP contribution in [-0.2, 0) is 25.6 Å². The Kier molecular flexibility index (Phi) is 8.60. The Labute approximate surface area is 210 Å². The lowest BCUT2D eigenvalue weighted by molar-refractivity contribution is -0.149. The van der Waals surface area contributed by atoms with E-state index >= 15 is 0 Å². The van der Waals surface area contributed by atoms with Crippen LogP contribution in [-0.4, -0.2) is 68.4 Å². The molecule has 0 saturated heterocycles. The Hall–Kier alpha value is -3.98. The van der Waals surface area contributed by atoms with E-state index < -0.39 is 42.5 Å². The summed E-state index contributed by atoms with van der Waals surface area (Å²) in [5.41, 5.74) is 1.75. The summed E-state index contributed by atoms with van der Waals surface area (Å²) in [7, 11) is 0. The normalized spacial score (nSPS) is 17.4. The van der Waals surface area contributed by atoms with Crippen molar-refractivity contribution in [3.05, 3.63) is 78.0 Å². The predicted molar refractivity (Wildman–Crippen MR) is 133 cm³/mol. The number of carbonyl (C=O) groups is 4. The van der Waals surface area contributed by atoms with Crippen LogP contribution >= 0.6 is 0 Å². The van der Waals surface area contributed by atoms with E-state index in [2.05, 4.69) is 5.32 Å². The van der Waals surface area contributed by atoms with Gasteiger partial charge in [0.05, 0.1) is 11.7 Å². The average molecular weight is 494 g/mol. The number of rotatable bonds is 9. The number of aliphatic hydroxyl groups is 1. The highest BCUT2D eigenvalue weighted by Gasteiger charge is 2.40. The summed E-state index contributed by atoms with van der Waals surface area (Å²) in [6.07, 6.45) is -0.181. The van der Waals surface area contributed by atoms with Crippen LogP contribution in [0.2, 0.25) is 0 Å². The molecule has 0 aliphatic carbocycles. The van der Waals surface area contributed by atoms with Gasteiger partial charge in [-0.1, -0.05) is 74.5 Å². The molecule has 3 amide bonds. The average Bonchev–Trinajstić information content (AvgIpc) is 2.84. The van der Waals surface area contributed by atoms with Gasteiger partial charge in [0.1, 0.15) is 12.6 Å². The van der Waals surface area contributed by atoms with Gasteiger partial charge >= 0.3 is 5.97 Å². The summed E-state index contributed by atoms with van der Waals surface area (Å²) >= 11 is 0. The fourth-order valence-electron chi connectivity index (χ4n) is 4.25.